The number of hydrogen-bond acceptors (Lipinski definition) is 4. The fourth-order valence-corrected chi connectivity index (χ4v) is 2.03. The number of aromatic nitrogens is 1. The first-order valence-electron chi connectivity index (χ1n) is 6.83. The van der Waals surface area contributed by atoms with Gasteiger partial charge in [0.25, 0.3) is 5.91 Å². The van der Waals surface area contributed by atoms with Crippen LogP contribution in [0.4, 0.5) is 0 Å². The van der Waals surface area contributed by atoms with Gasteiger partial charge in [-0.25, -0.2) is 4.98 Å². The summed E-state index contributed by atoms with van der Waals surface area (Å²) in [7, 11) is 0. The van der Waals surface area contributed by atoms with E-state index >= 15 is 0 Å². The molecule has 0 aromatic carbocycles. The highest BCUT2D eigenvalue weighted by atomic mass is 16.2. The Morgan fingerprint density at radius 1 is 1.57 bits per heavy atom. The molecule has 0 radical (unpaired) electrons. The van der Waals surface area contributed by atoms with Crippen LogP contribution in [0.2, 0.25) is 0 Å². The molecule has 0 aliphatic carbocycles. The third-order valence-electron chi connectivity index (χ3n) is 3.08. The molecule has 1 aromatic rings. The van der Waals surface area contributed by atoms with Crippen LogP contribution in [0.5, 0.6) is 0 Å². The topological polar surface area (TPSA) is 91.3 Å². The van der Waals surface area contributed by atoms with E-state index in [-0.39, 0.29) is 30.2 Å². The van der Waals surface area contributed by atoms with Crippen LogP contribution in [0.1, 0.15) is 35.3 Å². The number of hydrogen-bond donors (Lipinski definition) is 3. The van der Waals surface area contributed by atoms with Gasteiger partial charge in [0, 0.05) is 31.6 Å². The second-order valence-corrected chi connectivity index (χ2v) is 4.69. The Labute approximate surface area is 123 Å². The number of carbonyl (C=O) groups excluding carboxylic acids is 2. The predicted molar refractivity (Wildman–Crippen MR) is 76.3 cm³/mol. The van der Waals surface area contributed by atoms with Gasteiger partial charge in [0.05, 0.1) is 12.2 Å². The van der Waals surface area contributed by atoms with Gasteiger partial charge in [-0.1, -0.05) is 11.8 Å². The average molecular weight is 287 g/mol. The van der Waals surface area contributed by atoms with Gasteiger partial charge in [-0.3, -0.25) is 9.59 Å². The molecule has 21 heavy (non-hydrogen) atoms. The zero-order valence-corrected chi connectivity index (χ0v) is 11.6. The number of nitrogens with zero attached hydrogens (tertiary/aromatic N) is 1. The van der Waals surface area contributed by atoms with Crippen LogP contribution in [0.3, 0.4) is 0 Å². The first-order valence-corrected chi connectivity index (χ1v) is 6.83. The van der Waals surface area contributed by atoms with Gasteiger partial charge in [0.15, 0.2) is 0 Å². The highest BCUT2D eigenvalue weighted by Gasteiger charge is 2.21. The highest BCUT2D eigenvalue weighted by Crippen LogP contribution is 2.07. The van der Waals surface area contributed by atoms with Crippen LogP contribution in [0.25, 0.3) is 0 Å². The summed E-state index contributed by atoms with van der Waals surface area (Å²) in [6, 6.07) is 3.40. The SMILES string of the molecule is O=C1CCC(CNC(=O)c2ncccc2C#CCCO)N1. The quantitative estimate of drug-likeness (QED) is 0.670. The summed E-state index contributed by atoms with van der Waals surface area (Å²) in [4.78, 5) is 27.3. The van der Waals surface area contributed by atoms with Crippen LogP contribution in [-0.2, 0) is 4.79 Å². The molecule has 2 heterocycles. The maximum absolute atomic E-state index is 12.1. The van der Waals surface area contributed by atoms with Crippen LogP contribution in [0.15, 0.2) is 18.3 Å². The van der Waals surface area contributed by atoms with Gasteiger partial charge in [-0.15, -0.1) is 0 Å². The smallest absolute Gasteiger partial charge is 0.271 e. The van der Waals surface area contributed by atoms with Crippen molar-refractivity contribution in [1.82, 2.24) is 15.6 Å². The summed E-state index contributed by atoms with van der Waals surface area (Å²) < 4.78 is 0. The van der Waals surface area contributed by atoms with E-state index in [1.165, 1.54) is 6.20 Å². The lowest BCUT2D eigenvalue weighted by Gasteiger charge is -2.11. The number of rotatable bonds is 4. The summed E-state index contributed by atoms with van der Waals surface area (Å²) in [5.74, 6) is 5.30. The van der Waals surface area contributed by atoms with E-state index in [4.69, 9.17) is 5.11 Å². The van der Waals surface area contributed by atoms with Crippen molar-refractivity contribution in [2.75, 3.05) is 13.2 Å². The number of pyridine rings is 1. The van der Waals surface area contributed by atoms with Crippen molar-refractivity contribution in [3.63, 3.8) is 0 Å². The van der Waals surface area contributed by atoms with Crippen molar-refractivity contribution < 1.29 is 14.7 Å². The molecule has 110 valence electrons. The molecular weight excluding hydrogens is 270 g/mol. The largest absolute Gasteiger partial charge is 0.395 e. The minimum Gasteiger partial charge on any atom is -0.395 e. The molecule has 6 heteroatoms. The second kappa shape index (κ2) is 7.41. The number of aliphatic hydroxyl groups is 1. The highest BCUT2D eigenvalue weighted by molar-refractivity contribution is 5.94. The molecule has 1 unspecified atom stereocenters. The molecule has 0 spiro atoms. The van der Waals surface area contributed by atoms with Gasteiger partial charge < -0.3 is 15.7 Å². The normalized spacial score (nSPS) is 16.8. The van der Waals surface area contributed by atoms with E-state index < -0.39 is 0 Å². The fourth-order valence-electron chi connectivity index (χ4n) is 2.03. The molecule has 0 saturated carbocycles. The van der Waals surface area contributed by atoms with E-state index in [0.717, 1.165) is 6.42 Å². The second-order valence-electron chi connectivity index (χ2n) is 4.69. The lowest BCUT2D eigenvalue weighted by Crippen LogP contribution is -2.38. The van der Waals surface area contributed by atoms with Crippen molar-refractivity contribution in [3.8, 4) is 11.8 Å². The van der Waals surface area contributed by atoms with Crippen LogP contribution >= 0.6 is 0 Å². The Balaban J connectivity index is 1.99. The Morgan fingerprint density at radius 3 is 3.14 bits per heavy atom. The van der Waals surface area contributed by atoms with Crippen LogP contribution in [0, 0.1) is 11.8 Å². The van der Waals surface area contributed by atoms with E-state index in [1.807, 2.05) is 0 Å². The van der Waals surface area contributed by atoms with Crippen molar-refractivity contribution in [1.29, 1.82) is 0 Å². The first kappa shape index (κ1) is 15.0. The molecular formula is C15H17N3O3. The Hall–Kier alpha value is -2.39. The minimum atomic E-state index is -0.315. The molecule has 1 atom stereocenters. The Kier molecular flexibility index (Phi) is 5.29. The molecule has 0 bridgehead atoms. The zero-order chi connectivity index (χ0) is 15.1. The zero-order valence-electron chi connectivity index (χ0n) is 11.6. The average Bonchev–Trinajstić information content (AvgIpc) is 2.91. The number of aliphatic hydroxyl groups excluding tert-OH is 1. The van der Waals surface area contributed by atoms with Gasteiger partial charge >= 0.3 is 0 Å². The van der Waals surface area contributed by atoms with E-state index in [1.54, 1.807) is 12.1 Å². The molecule has 6 nitrogen and oxygen atoms in total. The van der Waals surface area contributed by atoms with Gasteiger partial charge in [0.1, 0.15) is 5.69 Å². The van der Waals surface area contributed by atoms with Gasteiger partial charge in [-0.2, -0.15) is 0 Å². The number of carbonyl (C=O) groups is 2. The van der Waals surface area contributed by atoms with Crippen molar-refractivity contribution in [2.45, 2.75) is 25.3 Å². The van der Waals surface area contributed by atoms with E-state index in [9.17, 15) is 9.59 Å². The summed E-state index contributed by atoms with van der Waals surface area (Å²) in [5.41, 5.74) is 0.783. The van der Waals surface area contributed by atoms with Crippen molar-refractivity contribution in [2.24, 2.45) is 0 Å². The molecule has 2 rings (SSSR count). The lowest BCUT2D eigenvalue weighted by molar-refractivity contribution is -0.119. The predicted octanol–water partition coefficient (Wildman–Crippen LogP) is -0.176. The standard InChI is InChI=1S/C15H17N3O3/c19-9-2-1-4-11-5-3-8-16-14(11)15(21)17-10-12-6-7-13(20)18-12/h3,5,8,12,19H,2,6-7,9-10H2,(H,17,21)(H,18,20). The Morgan fingerprint density at radius 2 is 2.43 bits per heavy atom. The maximum Gasteiger partial charge on any atom is 0.271 e. The summed E-state index contributed by atoms with van der Waals surface area (Å²) in [6.07, 6.45) is 3.11. The molecule has 1 fully saturated rings. The minimum absolute atomic E-state index is 0.0163. The molecule has 1 aliphatic heterocycles. The third kappa shape index (κ3) is 4.29. The summed E-state index contributed by atoms with van der Waals surface area (Å²) in [5, 5.41) is 14.3. The monoisotopic (exact) mass is 287 g/mol. The maximum atomic E-state index is 12.1. The molecule has 3 N–H and O–H groups in total. The fraction of sp³-hybridized carbons (Fsp3) is 0.400. The first-order chi connectivity index (χ1) is 10.2. The number of amides is 2. The lowest BCUT2D eigenvalue weighted by atomic mass is 10.1. The molecule has 2 amide bonds. The molecule has 1 aromatic heterocycles. The third-order valence-corrected chi connectivity index (χ3v) is 3.08. The Bertz CT molecular complexity index is 589. The van der Waals surface area contributed by atoms with Crippen LogP contribution < -0.4 is 10.6 Å². The summed E-state index contributed by atoms with van der Waals surface area (Å²) >= 11 is 0. The molecule has 1 saturated heterocycles. The van der Waals surface area contributed by atoms with E-state index in [2.05, 4.69) is 27.5 Å². The summed E-state index contributed by atoms with van der Waals surface area (Å²) in [6.45, 7) is 0.362. The van der Waals surface area contributed by atoms with E-state index in [0.29, 0.717) is 24.9 Å². The van der Waals surface area contributed by atoms with Crippen molar-refractivity contribution in [3.05, 3.63) is 29.6 Å². The number of nitrogens with one attached hydrogen (secondary N) is 2. The molecule has 1 aliphatic rings. The van der Waals surface area contributed by atoms with Crippen LogP contribution in [-0.4, -0.2) is 41.1 Å². The van der Waals surface area contributed by atoms with Gasteiger partial charge in [0.2, 0.25) is 5.91 Å². The van der Waals surface area contributed by atoms with Gasteiger partial charge in [-0.05, 0) is 18.6 Å². The van der Waals surface area contributed by atoms with Crippen molar-refractivity contribution >= 4 is 11.8 Å².